The number of primary amides is 1. The summed E-state index contributed by atoms with van der Waals surface area (Å²) in [7, 11) is 0. The predicted molar refractivity (Wildman–Crippen MR) is 59.4 cm³/mol. The summed E-state index contributed by atoms with van der Waals surface area (Å²) in [6.07, 6.45) is 3.43. The van der Waals surface area contributed by atoms with Crippen LogP contribution in [-0.4, -0.2) is 42.5 Å². The molecule has 0 aliphatic carbocycles. The number of rotatable bonds is 2. The molecule has 2 aliphatic rings. The minimum atomic E-state index is -0.130. The van der Waals surface area contributed by atoms with Gasteiger partial charge in [0.1, 0.15) is 0 Å². The summed E-state index contributed by atoms with van der Waals surface area (Å²) in [5, 5.41) is 3.50. The van der Waals surface area contributed by atoms with Crippen molar-refractivity contribution in [3.8, 4) is 0 Å². The highest BCUT2D eigenvalue weighted by Crippen LogP contribution is 2.22. The van der Waals surface area contributed by atoms with Crippen molar-refractivity contribution in [2.45, 2.75) is 38.3 Å². The second-order valence-corrected chi connectivity index (χ2v) is 4.92. The largest absolute Gasteiger partial charge is 0.369 e. The van der Waals surface area contributed by atoms with Crippen LogP contribution in [-0.2, 0) is 4.79 Å². The summed E-state index contributed by atoms with van der Waals surface area (Å²) in [6, 6.07) is 1.27. The summed E-state index contributed by atoms with van der Waals surface area (Å²) in [5.74, 6) is -0.0426. The number of carbonyl (C=O) groups excluding carboxylic acids is 1. The molecule has 1 amide bonds. The van der Waals surface area contributed by atoms with E-state index >= 15 is 0 Å². The van der Waals surface area contributed by atoms with Gasteiger partial charge in [-0.05, 0) is 32.7 Å². The Labute approximate surface area is 91.2 Å². The first-order chi connectivity index (χ1) is 7.16. The van der Waals surface area contributed by atoms with Crippen molar-refractivity contribution in [2.24, 2.45) is 11.7 Å². The molecule has 86 valence electrons. The summed E-state index contributed by atoms with van der Waals surface area (Å²) in [6.45, 7) is 5.20. The summed E-state index contributed by atoms with van der Waals surface area (Å²) >= 11 is 0. The average Bonchev–Trinajstić information content (AvgIpc) is 2.68. The molecule has 0 aromatic carbocycles. The van der Waals surface area contributed by atoms with E-state index in [0.29, 0.717) is 12.1 Å². The molecule has 15 heavy (non-hydrogen) atoms. The number of nitrogens with one attached hydrogen (secondary N) is 1. The zero-order chi connectivity index (χ0) is 10.8. The molecule has 2 aliphatic heterocycles. The van der Waals surface area contributed by atoms with Crippen molar-refractivity contribution in [2.75, 3.05) is 19.6 Å². The SMILES string of the molecule is CC1CCC(N2CCC(C(N)=O)C2)CN1. The van der Waals surface area contributed by atoms with Gasteiger partial charge in [0.15, 0.2) is 0 Å². The van der Waals surface area contributed by atoms with Gasteiger partial charge in [0.25, 0.3) is 0 Å². The Kier molecular flexibility index (Phi) is 3.26. The molecule has 0 spiro atoms. The molecule has 2 saturated heterocycles. The van der Waals surface area contributed by atoms with Gasteiger partial charge >= 0.3 is 0 Å². The molecule has 4 heteroatoms. The van der Waals surface area contributed by atoms with E-state index in [4.69, 9.17) is 5.73 Å². The lowest BCUT2D eigenvalue weighted by molar-refractivity contribution is -0.121. The van der Waals surface area contributed by atoms with Gasteiger partial charge in [0.05, 0.1) is 5.92 Å². The quantitative estimate of drug-likeness (QED) is 0.672. The first-order valence-corrected chi connectivity index (χ1v) is 5.93. The molecule has 3 atom stereocenters. The Balaban J connectivity index is 1.83. The number of hydrogen-bond donors (Lipinski definition) is 2. The summed E-state index contributed by atoms with van der Waals surface area (Å²) in [4.78, 5) is 13.5. The molecular weight excluding hydrogens is 190 g/mol. The van der Waals surface area contributed by atoms with E-state index in [2.05, 4.69) is 17.1 Å². The highest BCUT2D eigenvalue weighted by molar-refractivity contribution is 5.77. The Morgan fingerprint density at radius 1 is 1.40 bits per heavy atom. The number of amides is 1. The number of nitrogens with zero attached hydrogens (tertiary/aromatic N) is 1. The molecule has 2 fully saturated rings. The second kappa shape index (κ2) is 4.49. The normalized spacial score (nSPS) is 38.1. The van der Waals surface area contributed by atoms with Gasteiger partial charge in [0.2, 0.25) is 5.91 Å². The Bertz CT molecular complexity index is 236. The standard InChI is InChI=1S/C11H21N3O/c1-8-2-3-10(6-13-8)14-5-4-9(7-14)11(12)15/h8-10,13H,2-7H2,1H3,(H2,12,15). The lowest BCUT2D eigenvalue weighted by Gasteiger charge is -2.34. The van der Waals surface area contributed by atoms with Crippen molar-refractivity contribution >= 4 is 5.91 Å². The fraction of sp³-hybridized carbons (Fsp3) is 0.909. The summed E-state index contributed by atoms with van der Waals surface area (Å²) < 4.78 is 0. The topological polar surface area (TPSA) is 58.4 Å². The zero-order valence-electron chi connectivity index (χ0n) is 9.41. The van der Waals surface area contributed by atoms with Crippen LogP contribution in [0.4, 0.5) is 0 Å². The molecule has 0 bridgehead atoms. The molecule has 3 N–H and O–H groups in total. The van der Waals surface area contributed by atoms with Gasteiger partial charge in [-0.1, -0.05) is 0 Å². The van der Waals surface area contributed by atoms with Gasteiger partial charge in [0, 0.05) is 25.2 Å². The maximum Gasteiger partial charge on any atom is 0.221 e. The maximum atomic E-state index is 11.1. The number of likely N-dealkylation sites (tertiary alicyclic amines) is 1. The van der Waals surface area contributed by atoms with E-state index in [-0.39, 0.29) is 11.8 Å². The number of carbonyl (C=O) groups is 1. The molecule has 0 saturated carbocycles. The van der Waals surface area contributed by atoms with E-state index in [1.54, 1.807) is 0 Å². The van der Waals surface area contributed by atoms with Gasteiger partial charge in [-0.15, -0.1) is 0 Å². The third-order valence-electron chi connectivity index (χ3n) is 3.77. The lowest BCUT2D eigenvalue weighted by atomic mass is 10.0. The fourth-order valence-corrected chi connectivity index (χ4v) is 2.65. The minimum Gasteiger partial charge on any atom is -0.369 e. The average molecular weight is 211 g/mol. The van der Waals surface area contributed by atoms with Gasteiger partial charge in [-0.2, -0.15) is 0 Å². The maximum absolute atomic E-state index is 11.1. The molecule has 2 heterocycles. The molecule has 4 nitrogen and oxygen atoms in total. The molecule has 0 aromatic rings. The van der Waals surface area contributed by atoms with Crippen LogP contribution in [0.5, 0.6) is 0 Å². The minimum absolute atomic E-state index is 0.0874. The highest BCUT2D eigenvalue weighted by atomic mass is 16.1. The molecule has 0 aromatic heterocycles. The van der Waals surface area contributed by atoms with Crippen LogP contribution in [0.25, 0.3) is 0 Å². The van der Waals surface area contributed by atoms with Gasteiger partial charge in [-0.25, -0.2) is 0 Å². The van der Waals surface area contributed by atoms with E-state index in [1.165, 1.54) is 12.8 Å². The predicted octanol–water partition coefficient (Wildman–Crippen LogP) is -0.0659. The van der Waals surface area contributed by atoms with Crippen molar-refractivity contribution in [3.63, 3.8) is 0 Å². The Morgan fingerprint density at radius 2 is 2.20 bits per heavy atom. The molecule has 2 rings (SSSR count). The van der Waals surface area contributed by atoms with Crippen molar-refractivity contribution in [3.05, 3.63) is 0 Å². The number of piperidine rings is 1. The van der Waals surface area contributed by atoms with Gasteiger partial charge < -0.3 is 11.1 Å². The van der Waals surface area contributed by atoms with Crippen molar-refractivity contribution in [1.82, 2.24) is 10.2 Å². The Morgan fingerprint density at radius 3 is 2.73 bits per heavy atom. The third-order valence-corrected chi connectivity index (χ3v) is 3.77. The lowest BCUT2D eigenvalue weighted by Crippen LogP contribution is -2.48. The zero-order valence-corrected chi connectivity index (χ0v) is 9.41. The molecular formula is C11H21N3O. The van der Waals surface area contributed by atoms with Crippen molar-refractivity contribution in [1.29, 1.82) is 0 Å². The van der Waals surface area contributed by atoms with Crippen LogP contribution < -0.4 is 11.1 Å². The number of hydrogen-bond acceptors (Lipinski definition) is 3. The van der Waals surface area contributed by atoms with E-state index < -0.39 is 0 Å². The van der Waals surface area contributed by atoms with Crippen LogP contribution in [0.15, 0.2) is 0 Å². The first kappa shape index (κ1) is 10.9. The monoisotopic (exact) mass is 211 g/mol. The van der Waals surface area contributed by atoms with Crippen LogP contribution in [0.2, 0.25) is 0 Å². The fourth-order valence-electron chi connectivity index (χ4n) is 2.65. The van der Waals surface area contributed by atoms with Crippen LogP contribution in [0, 0.1) is 5.92 Å². The highest BCUT2D eigenvalue weighted by Gasteiger charge is 2.32. The number of nitrogens with two attached hydrogens (primary N) is 1. The summed E-state index contributed by atoms with van der Waals surface area (Å²) in [5.41, 5.74) is 5.33. The van der Waals surface area contributed by atoms with Crippen LogP contribution in [0.3, 0.4) is 0 Å². The van der Waals surface area contributed by atoms with E-state index in [9.17, 15) is 4.79 Å². The first-order valence-electron chi connectivity index (χ1n) is 5.93. The second-order valence-electron chi connectivity index (χ2n) is 4.92. The smallest absolute Gasteiger partial charge is 0.221 e. The van der Waals surface area contributed by atoms with E-state index in [1.807, 2.05) is 0 Å². The van der Waals surface area contributed by atoms with Crippen LogP contribution >= 0.6 is 0 Å². The third kappa shape index (κ3) is 2.49. The molecule has 0 radical (unpaired) electrons. The van der Waals surface area contributed by atoms with Crippen LogP contribution in [0.1, 0.15) is 26.2 Å². The van der Waals surface area contributed by atoms with Crippen molar-refractivity contribution < 1.29 is 4.79 Å². The van der Waals surface area contributed by atoms with Gasteiger partial charge in [-0.3, -0.25) is 9.69 Å². The molecule has 3 unspecified atom stereocenters. The Hall–Kier alpha value is -0.610. The van der Waals surface area contributed by atoms with E-state index in [0.717, 1.165) is 26.1 Å².